The lowest BCUT2D eigenvalue weighted by atomic mass is 10.0. The Hall–Kier alpha value is -2.56. The van der Waals surface area contributed by atoms with Crippen molar-refractivity contribution in [2.24, 2.45) is 0 Å². The minimum absolute atomic E-state index is 0.115. The fourth-order valence-corrected chi connectivity index (χ4v) is 2.09. The van der Waals surface area contributed by atoms with Crippen LogP contribution in [0, 0.1) is 0 Å². The second kappa shape index (κ2) is 6.74. The van der Waals surface area contributed by atoms with Crippen LogP contribution < -0.4 is 15.5 Å². The fourth-order valence-electron chi connectivity index (χ4n) is 2.09. The number of pyridine rings is 1. The largest absolute Gasteiger partial charge is 0.497 e. The molecule has 2 N–H and O–H groups in total. The maximum Gasteiger partial charge on any atom is 0.257 e. The number of hydrogen-bond acceptors (Lipinski definition) is 3. The normalized spacial score (nSPS) is 11.7. The molecule has 0 aliphatic heterocycles. The second-order valence-electron chi connectivity index (χ2n) is 4.63. The molecule has 0 fully saturated rings. The molecule has 1 amide bonds. The summed E-state index contributed by atoms with van der Waals surface area (Å²) < 4.78 is 5.12. The van der Waals surface area contributed by atoms with Gasteiger partial charge in [-0.2, -0.15) is 0 Å². The minimum atomic E-state index is -0.375. The highest BCUT2D eigenvalue weighted by atomic mass is 16.5. The van der Waals surface area contributed by atoms with Crippen molar-refractivity contribution >= 4 is 5.91 Å². The predicted octanol–water partition coefficient (Wildman–Crippen LogP) is 2.26. The summed E-state index contributed by atoms with van der Waals surface area (Å²) >= 11 is 0. The van der Waals surface area contributed by atoms with E-state index in [1.165, 1.54) is 18.5 Å². The second-order valence-corrected chi connectivity index (χ2v) is 4.63. The van der Waals surface area contributed by atoms with Crippen molar-refractivity contribution in [3.63, 3.8) is 0 Å². The van der Waals surface area contributed by atoms with Crippen LogP contribution in [0.25, 0.3) is 0 Å². The van der Waals surface area contributed by atoms with Crippen molar-refractivity contribution in [3.8, 4) is 5.75 Å². The highest BCUT2D eigenvalue weighted by molar-refractivity contribution is 5.94. The summed E-state index contributed by atoms with van der Waals surface area (Å²) in [5, 5.41) is 2.88. The molecule has 1 aromatic heterocycles. The third-order valence-corrected chi connectivity index (χ3v) is 3.30. The highest BCUT2D eigenvalue weighted by Crippen LogP contribution is 2.20. The van der Waals surface area contributed by atoms with Crippen LogP contribution in [0.15, 0.2) is 47.5 Å². The van der Waals surface area contributed by atoms with Crippen LogP contribution in [0.5, 0.6) is 5.75 Å². The molecule has 0 aliphatic carbocycles. The Morgan fingerprint density at radius 3 is 2.57 bits per heavy atom. The zero-order valence-corrected chi connectivity index (χ0v) is 12.1. The van der Waals surface area contributed by atoms with E-state index in [2.05, 4.69) is 10.3 Å². The molecule has 2 aromatic rings. The van der Waals surface area contributed by atoms with Gasteiger partial charge in [-0.05, 0) is 24.1 Å². The van der Waals surface area contributed by atoms with E-state index in [1.54, 1.807) is 7.11 Å². The number of H-pyrrole nitrogens is 1. The van der Waals surface area contributed by atoms with Crippen LogP contribution in [-0.4, -0.2) is 18.0 Å². The summed E-state index contributed by atoms with van der Waals surface area (Å²) in [4.78, 5) is 26.6. The van der Waals surface area contributed by atoms with Crippen molar-refractivity contribution in [2.45, 2.75) is 19.4 Å². The van der Waals surface area contributed by atoms with Gasteiger partial charge in [-0.1, -0.05) is 19.1 Å². The molecule has 0 spiro atoms. The van der Waals surface area contributed by atoms with Gasteiger partial charge in [0.1, 0.15) is 11.3 Å². The number of ether oxygens (including phenoxy) is 1. The van der Waals surface area contributed by atoms with E-state index in [0.717, 1.165) is 17.7 Å². The Bertz CT molecular complexity index is 662. The van der Waals surface area contributed by atoms with E-state index in [1.807, 2.05) is 31.2 Å². The summed E-state index contributed by atoms with van der Waals surface area (Å²) in [5.41, 5.74) is 0.791. The van der Waals surface area contributed by atoms with Gasteiger partial charge >= 0.3 is 0 Å². The number of carbonyl (C=O) groups excluding carboxylic acids is 1. The molecular weight excluding hydrogens is 268 g/mol. The third-order valence-electron chi connectivity index (χ3n) is 3.30. The Labute approximate surface area is 123 Å². The van der Waals surface area contributed by atoms with E-state index < -0.39 is 0 Å². The van der Waals surface area contributed by atoms with Crippen molar-refractivity contribution in [3.05, 3.63) is 64.1 Å². The first kappa shape index (κ1) is 14.8. The van der Waals surface area contributed by atoms with E-state index in [-0.39, 0.29) is 22.9 Å². The molecule has 2 rings (SSSR count). The average Bonchev–Trinajstić information content (AvgIpc) is 2.53. The van der Waals surface area contributed by atoms with Crippen molar-refractivity contribution in [1.82, 2.24) is 10.3 Å². The number of amides is 1. The molecular formula is C16H18N2O3. The van der Waals surface area contributed by atoms with E-state index in [9.17, 15) is 9.59 Å². The van der Waals surface area contributed by atoms with Crippen LogP contribution in [0.1, 0.15) is 35.3 Å². The van der Waals surface area contributed by atoms with Gasteiger partial charge in [0.25, 0.3) is 5.91 Å². The maximum absolute atomic E-state index is 12.2. The Balaban J connectivity index is 2.17. The molecule has 5 heteroatoms. The molecule has 0 saturated heterocycles. The van der Waals surface area contributed by atoms with Gasteiger partial charge in [-0.3, -0.25) is 9.59 Å². The maximum atomic E-state index is 12.2. The lowest BCUT2D eigenvalue weighted by Crippen LogP contribution is -2.31. The van der Waals surface area contributed by atoms with Gasteiger partial charge in [0.05, 0.1) is 13.2 Å². The minimum Gasteiger partial charge on any atom is -0.497 e. The van der Waals surface area contributed by atoms with E-state index >= 15 is 0 Å². The molecule has 1 heterocycles. The summed E-state index contributed by atoms with van der Waals surface area (Å²) in [6.07, 6.45) is 3.64. The molecule has 5 nitrogen and oxygen atoms in total. The fraction of sp³-hybridized carbons (Fsp3) is 0.250. The number of hydrogen-bond donors (Lipinski definition) is 2. The first-order valence-electron chi connectivity index (χ1n) is 6.77. The van der Waals surface area contributed by atoms with Crippen LogP contribution in [0.4, 0.5) is 0 Å². The molecule has 1 aromatic carbocycles. The lowest BCUT2D eigenvalue weighted by molar-refractivity contribution is 0.0934. The van der Waals surface area contributed by atoms with Crippen LogP contribution >= 0.6 is 0 Å². The molecule has 1 unspecified atom stereocenters. The van der Waals surface area contributed by atoms with Crippen molar-refractivity contribution < 1.29 is 9.53 Å². The smallest absolute Gasteiger partial charge is 0.257 e. The average molecular weight is 286 g/mol. The molecule has 1 atom stereocenters. The number of nitrogens with one attached hydrogen (secondary N) is 2. The van der Waals surface area contributed by atoms with Gasteiger partial charge in [-0.25, -0.2) is 0 Å². The topological polar surface area (TPSA) is 71.2 Å². The number of benzene rings is 1. The Morgan fingerprint density at radius 2 is 2.00 bits per heavy atom. The molecule has 110 valence electrons. The molecule has 0 bridgehead atoms. The lowest BCUT2D eigenvalue weighted by Gasteiger charge is -2.17. The predicted molar refractivity (Wildman–Crippen MR) is 80.6 cm³/mol. The van der Waals surface area contributed by atoms with Crippen LogP contribution in [0.3, 0.4) is 0 Å². The van der Waals surface area contributed by atoms with E-state index in [0.29, 0.717) is 0 Å². The first-order chi connectivity index (χ1) is 10.2. The summed E-state index contributed by atoms with van der Waals surface area (Å²) in [6.45, 7) is 1.98. The zero-order valence-electron chi connectivity index (χ0n) is 12.1. The number of rotatable bonds is 5. The van der Waals surface area contributed by atoms with Crippen molar-refractivity contribution in [1.29, 1.82) is 0 Å². The molecule has 0 saturated carbocycles. The highest BCUT2D eigenvalue weighted by Gasteiger charge is 2.16. The molecule has 0 radical (unpaired) electrons. The van der Waals surface area contributed by atoms with Crippen LogP contribution in [-0.2, 0) is 0 Å². The summed E-state index contributed by atoms with van der Waals surface area (Å²) in [6, 6.07) is 8.69. The monoisotopic (exact) mass is 286 g/mol. The van der Waals surface area contributed by atoms with Gasteiger partial charge in [0.15, 0.2) is 5.43 Å². The SMILES string of the molecule is CCC(NC(=O)c1c[nH]ccc1=O)c1ccc(OC)cc1. The van der Waals surface area contributed by atoms with Gasteiger partial charge in [0, 0.05) is 18.5 Å². The summed E-state index contributed by atoms with van der Waals surface area (Å²) in [7, 11) is 1.61. The summed E-state index contributed by atoms with van der Waals surface area (Å²) in [5.74, 6) is 0.388. The van der Waals surface area contributed by atoms with Gasteiger partial charge in [0.2, 0.25) is 0 Å². The van der Waals surface area contributed by atoms with Crippen molar-refractivity contribution in [2.75, 3.05) is 7.11 Å². The molecule has 0 aliphatic rings. The zero-order chi connectivity index (χ0) is 15.2. The number of aromatic nitrogens is 1. The standard InChI is InChI=1S/C16H18N2O3/c1-3-14(11-4-6-12(21-2)7-5-11)18-16(20)13-10-17-9-8-15(13)19/h4-10,14H,3H2,1-2H3,(H,17,19)(H,18,20). The van der Waals surface area contributed by atoms with Crippen LogP contribution in [0.2, 0.25) is 0 Å². The van der Waals surface area contributed by atoms with Gasteiger partial charge in [-0.15, -0.1) is 0 Å². The number of methoxy groups -OCH3 is 1. The number of aromatic amines is 1. The van der Waals surface area contributed by atoms with Gasteiger partial charge < -0.3 is 15.0 Å². The Morgan fingerprint density at radius 1 is 1.29 bits per heavy atom. The third kappa shape index (κ3) is 3.51. The quantitative estimate of drug-likeness (QED) is 0.885. The first-order valence-corrected chi connectivity index (χ1v) is 6.77. The van der Waals surface area contributed by atoms with E-state index in [4.69, 9.17) is 4.74 Å². The molecule has 21 heavy (non-hydrogen) atoms. The number of carbonyl (C=O) groups is 1. The Kier molecular flexibility index (Phi) is 4.77.